The Kier molecular flexibility index (Phi) is 2.78. The average Bonchev–Trinajstić information content (AvgIpc) is 2.67. The minimum atomic E-state index is 0.647. The predicted octanol–water partition coefficient (Wildman–Crippen LogP) is 2.69. The highest BCUT2D eigenvalue weighted by Crippen LogP contribution is 2.27. The number of rotatable bonds is 2. The summed E-state index contributed by atoms with van der Waals surface area (Å²) < 4.78 is 5.64. The van der Waals surface area contributed by atoms with E-state index in [0.29, 0.717) is 6.61 Å². The van der Waals surface area contributed by atoms with Crippen molar-refractivity contribution in [2.75, 3.05) is 6.61 Å². The molecule has 0 radical (unpaired) electrons. The second kappa shape index (κ2) is 4.23. The van der Waals surface area contributed by atoms with Gasteiger partial charge in [-0.3, -0.25) is 0 Å². The molecule has 1 heteroatoms. The van der Waals surface area contributed by atoms with Gasteiger partial charge >= 0.3 is 0 Å². The van der Waals surface area contributed by atoms with Gasteiger partial charge in [-0.05, 0) is 13.0 Å². The van der Waals surface area contributed by atoms with Crippen LogP contribution in [0.25, 0.3) is 0 Å². The first-order valence-electron chi connectivity index (χ1n) is 5.01. The van der Waals surface area contributed by atoms with Gasteiger partial charge in [0.15, 0.2) is 0 Å². The lowest BCUT2D eigenvalue weighted by Gasteiger charge is -2.11. The van der Waals surface area contributed by atoms with E-state index in [1.165, 1.54) is 11.1 Å². The molecule has 2 rings (SSSR count). The molecular formula is C13H14O. The summed E-state index contributed by atoms with van der Waals surface area (Å²) in [5, 5.41) is 0. The molecule has 1 nitrogen and oxygen atoms in total. The zero-order chi connectivity index (χ0) is 9.80. The van der Waals surface area contributed by atoms with Crippen LogP contribution in [0.3, 0.4) is 0 Å². The molecule has 0 aromatic rings. The Morgan fingerprint density at radius 3 is 3.36 bits per heavy atom. The monoisotopic (exact) mass is 186 g/mol. The Hall–Kier alpha value is -1.37. The maximum absolute atomic E-state index is 5.64. The lowest BCUT2D eigenvalue weighted by molar-refractivity contribution is -0.443. The van der Waals surface area contributed by atoms with Gasteiger partial charge in [-0.1, -0.05) is 30.6 Å². The average molecular weight is 186 g/mol. The maximum Gasteiger partial charge on any atom is 0.266 e. The van der Waals surface area contributed by atoms with Crippen molar-refractivity contribution in [3.05, 3.63) is 47.6 Å². The highest BCUT2D eigenvalue weighted by molar-refractivity contribution is 6.09. The number of fused-ring (bicyclic) bond motifs is 1. The van der Waals surface area contributed by atoms with Gasteiger partial charge in [-0.15, -0.1) is 11.6 Å². The van der Waals surface area contributed by atoms with Crippen LogP contribution < -0.4 is 0 Å². The van der Waals surface area contributed by atoms with Crippen molar-refractivity contribution in [2.24, 2.45) is 0 Å². The highest BCUT2D eigenvalue weighted by Gasteiger charge is 2.14. The van der Waals surface area contributed by atoms with Crippen molar-refractivity contribution in [1.29, 1.82) is 0 Å². The molecule has 0 atom stereocenters. The Morgan fingerprint density at radius 1 is 1.57 bits per heavy atom. The zero-order valence-corrected chi connectivity index (χ0v) is 8.42. The molecule has 2 aliphatic carbocycles. The highest BCUT2D eigenvalue weighted by atomic mass is 16.4. The van der Waals surface area contributed by atoms with Crippen LogP contribution in [0.2, 0.25) is 0 Å². The third-order valence-corrected chi connectivity index (χ3v) is 2.38. The van der Waals surface area contributed by atoms with E-state index in [1.807, 2.05) is 25.2 Å². The summed E-state index contributed by atoms with van der Waals surface area (Å²) in [4.78, 5) is 0. The third-order valence-electron chi connectivity index (χ3n) is 2.38. The molecule has 0 aromatic heterocycles. The van der Waals surface area contributed by atoms with Gasteiger partial charge in [0.25, 0.3) is 6.61 Å². The van der Waals surface area contributed by atoms with Crippen LogP contribution in [0.5, 0.6) is 0 Å². The summed E-state index contributed by atoms with van der Waals surface area (Å²) in [6.45, 7) is 2.64. The predicted molar refractivity (Wildman–Crippen MR) is 57.9 cm³/mol. The van der Waals surface area contributed by atoms with Gasteiger partial charge in [0.05, 0.1) is 0 Å². The Labute approximate surface area is 84.8 Å². The molecule has 14 heavy (non-hydrogen) atoms. The van der Waals surface area contributed by atoms with E-state index in [1.54, 1.807) is 0 Å². The number of ketones is 1. The van der Waals surface area contributed by atoms with Crippen LogP contribution in [-0.4, -0.2) is 12.4 Å². The molecule has 2 aliphatic rings. The molecule has 0 aliphatic heterocycles. The molecule has 0 heterocycles. The van der Waals surface area contributed by atoms with Gasteiger partial charge in [0.2, 0.25) is 5.78 Å². The summed E-state index contributed by atoms with van der Waals surface area (Å²) in [6.07, 6.45) is 15.7. The second-order valence-electron chi connectivity index (χ2n) is 3.35. The lowest BCUT2D eigenvalue weighted by atomic mass is 10.0. The van der Waals surface area contributed by atoms with Crippen molar-refractivity contribution in [3.63, 3.8) is 0 Å². The first-order chi connectivity index (χ1) is 6.92. The van der Waals surface area contributed by atoms with Crippen molar-refractivity contribution < 1.29 is 4.42 Å². The second-order valence-corrected chi connectivity index (χ2v) is 3.35. The topological polar surface area (TPSA) is 11.3 Å². The van der Waals surface area contributed by atoms with Crippen LogP contribution in [0, 0.1) is 6.08 Å². The van der Waals surface area contributed by atoms with Crippen LogP contribution in [0.15, 0.2) is 41.5 Å². The maximum atomic E-state index is 5.64. The van der Waals surface area contributed by atoms with Crippen molar-refractivity contribution in [2.45, 2.75) is 19.8 Å². The number of hydrogen-bond donors (Lipinski definition) is 0. The zero-order valence-electron chi connectivity index (χ0n) is 8.42. The molecule has 0 spiro atoms. The minimum Gasteiger partial charge on any atom is -0.310 e. The first-order valence-corrected chi connectivity index (χ1v) is 5.01. The third kappa shape index (κ3) is 1.77. The van der Waals surface area contributed by atoms with Gasteiger partial charge in [-0.2, -0.15) is 6.08 Å². The largest absolute Gasteiger partial charge is 0.310 e. The van der Waals surface area contributed by atoms with Crippen molar-refractivity contribution in [1.82, 2.24) is 0 Å². The van der Waals surface area contributed by atoms with E-state index in [0.717, 1.165) is 18.6 Å². The molecule has 0 fully saturated rings. The Bertz CT molecular complexity index is 365. The minimum absolute atomic E-state index is 0.647. The van der Waals surface area contributed by atoms with E-state index in [-0.39, 0.29) is 0 Å². The van der Waals surface area contributed by atoms with Crippen molar-refractivity contribution >= 4 is 5.78 Å². The molecule has 72 valence electrons. The fourth-order valence-electron chi connectivity index (χ4n) is 1.66. The fraction of sp³-hybridized carbons (Fsp3) is 0.308. The summed E-state index contributed by atoms with van der Waals surface area (Å²) in [5.41, 5.74) is 2.54. The molecule has 0 N–H and O–H groups in total. The fourth-order valence-corrected chi connectivity index (χ4v) is 1.66. The van der Waals surface area contributed by atoms with E-state index in [9.17, 15) is 0 Å². The van der Waals surface area contributed by atoms with Crippen LogP contribution >= 0.6 is 0 Å². The number of allylic oxidation sites excluding steroid dienone is 7. The lowest BCUT2D eigenvalue weighted by Crippen LogP contribution is -2.06. The van der Waals surface area contributed by atoms with Gasteiger partial charge in [0, 0.05) is 6.08 Å². The van der Waals surface area contributed by atoms with Gasteiger partial charge < -0.3 is 4.42 Å². The summed E-state index contributed by atoms with van der Waals surface area (Å²) in [5.74, 6) is 0.970. The molecule has 0 unspecified atom stereocenters. The van der Waals surface area contributed by atoms with Crippen LogP contribution in [0.4, 0.5) is 0 Å². The standard InChI is InChI=1S/C13H14O/c1-2-3-10-14-13-9-5-7-11-6-4-8-12(11)13/h2-3,5,7,9H,4,6,10H2,1H3/b3-2+. The van der Waals surface area contributed by atoms with Gasteiger partial charge in [-0.25, -0.2) is 0 Å². The number of carbonyl (C=O) groups excluding carboxylic acids is 1. The van der Waals surface area contributed by atoms with E-state index in [4.69, 9.17) is 4.42 Å². The normalized spacial score (nSPS) is 22.8. The molecule has 0 bridgehead atoms. The molecule has 0 saturated heterocycles. The van der Waals surface area contributed by atoms with Crippen LogP contribution in [0.1, 0.15) is 19.8 Å². The molecular weight excluding hydrogens is 172 g/mol. The summed E-state index contributed by atoms with van der Waals surface area (Å²) in [6, 6.07) is 0. The van der Waals surface area contributed by atoms with Crippen LogP contribution in [-0.2, 0) is 4.42 Å². The summed E-state index contributed by atoms with van der Waals surface area (Å²) >= 11 is 0. The SMILES string of the molecule is C/C=C/C[O+]=C1C=CC=C2CC[C-]=C21. The first kappa shape index (κ1) is 9.20. The van der Waals surface area contributed by atoms with E-state index >= 15 is 0 Å². The van der Waals surface area contributed by atoms with Crippen molar-refractivity contribution in [3.8, 4) is 0 Å². The smallest absolute Gasteiger partial charge is 0.266 e. The molecule has 0 aromatic carbocycles. The Morgan fingerprint density at radius 2 is 2.50 bits per heavy atom. The van der Waals surface area contributed by atoms with E-state index in [2.05, 4.69) is 18.2 Å². The van der Waals surface area contributed by atoms with E-state index < -0.39 is 0 Å². The molecule has 0 amide bonds. The summed E-state index contributed by atoms with van der Waals surface area (Å²) in [7, 11) is 0. The Balaban J connectivity index is 2.17. The quantitative estimate of drug-likeness (QED) is 0.357. The van der Waals surface area contributed by atoms with Gasteiger partial charge in [0.1, 0.15) is 0 Å². The molecule has 0 saturated carbocycles. The number of hydrogen-bond acceptors (Lipinski definition) is 0.